The molecule has 1 aromatic heterocycles. The van der Waals surface area contributed by atoms with E-state index in [0.717, 1.165) is 17.1 Å². The predicted molar refractivity (Wildman–Crippen MR) is 68.8 cm³/mol. The van der Waals surface area contributed by atoms with E-state index in [4.69, 9.17) is 5.73 Å². The third-order valence-electron chi connectivity index (χ3n) is 2.62. The number of aromatic nitrogens is 2. The van der Waals surface area contributed by atoms with E-state index in [9.17, 15) is 5.11 Å². The van der Waals surface area contributed by atoms with Crippen molar-refractivity contribution in [2.45, 2.75) is 26.2 Å². The van der Waals surface area contributed by atoms with Gasteiger partial charge in [0.2, 0.25) is 0 Å². The number of phenols is 1. The van der Waals surface area contributed by atoms with Gasteiger partial charge in [0.05, 0.1) is 17.6 Å². The molecule has 0 fully saturated rings. The maximum Gasteiger partial charge on any atom is 0.138 e. The predicted octanol–water partition coefficient (Wildman–Crippen LogP) is 2.66. The fraction of sp³-hybridized carbons (Fsp3) is 0.308. The molecule has 0 aliphatic heterocycles. The highest BCUT2D eigenvalue weighted by Gasteiger charge is 2.17. The molecule has 0 aliphatic rings. The summed E-state index contributed by atoms with van der Waals surface area (Å²) in [6.45, 7) is 6.29. The van der Waals surface area contributed by atoms with Crippen molar-refractivity contribution in [2.24, 2.45) is 0 Å². The molecule has 2 aromatic rings. The highest BCUT2D eigenvalue weighted by Crippen LogP contribution is 2.28. The van der Waals surface area contributed by atoms with E-state index < -0.39 is 0 Å². The van der Waals surface area contributed by atoms with Gasteiger partial charge in [-0.05, 0) is 18.2 Å². The number of nitrogen functional groups attached to an aromatic ring is 1. The third-order valence-corrected chi connectivity index (χ3v) is 2.62. The molecular formula is C13H17N3O. The molecule has 4 heteroatoms. The summed E-state index contributed by atoms with van der Waals surface area (Å²) in [4.78, 5) is 7.62. The van der Waals surface area contributed by atoms with E-state index in [0.29, 0.717) is 5.69 Å². The van der Waals surface area contributed by atoms with Crippen LogP contribution in [0.1, 0.15) is 26.6 Å². The summed E-state index contributed by atoms with van der Waals surface area (Å²) < 4.78 is 0. The second-order valence-electron chi connectivity index (χ2n) is 5.17. The van der Waals surface area contributed by atoms with Crippen molar-refractivity contribution in [1.29, 1.82) is 0 Å². The molecule has 4 N–H and O–H groups in total. The molecular weight excluding hydrogens is 214 g/mol. The van der Waals surface area contributed by atoms with Crippen LogP contribution in [0.4, 0.5) is 5.69 Å². The zero-order chi connectivity index (χ0) is 12.6. The van der Waals surface area contributed by atoms with Crippen LogP contribution in [0.2, 0.25) is 0 Å². The van der Waals surface area contributed by atoms with Crippen LogP contribution in [0, 0.1) is 0 Å². The topological polar surface area (TPSA) is 74.9 Å². The first-order valence-electron chi connectivity index (χ1n) is 5.52. The number of phenolic OH excluding ortho intramolecular Hbond substituents is 1. The average Bonchev–Trinajstić information content (AvgIpc) is 2.70. The number of hydrogen-bond donors (Lipinski definition) is 3. The van der Waals surface area contributed by atoms with E-state index >= 15 is 0 Å². The summed E-state index contributed by atoms with van der Waals surface area (Å²) in [6, 6.07) is 5.13. The third kappa shape index (κ3) is 2.25. The number of aromatic hydroxyl groups is 1. The van der Waals surface area contributed by atoms with Crippen LogP contribution in [0.15, 0.2) is 24.4 Å². The standard InChI is InChI=1S/C13H17N3O/c1-13(2,3)12-15-7-10(16-12)8-4-5-11(17)9(14)6-8/h4-7,17H,14H2,1-3H3,(H,15,16). The Hall–Kier alpha value is -1.97. The summed E-state index contributed by atoms with van der Waals surface area (Å²) in [5, 5.41) is 9.37. The zero-order valence-electron chi connectivity index (χ0n) is 10.3. The van der Waals surface area contributed by atoms with Crippen LogP contribution in [0.3, 0.4) is 0 Å². The molecule has 17 heavy (non-hydrogen) atoms. The molecule has 0 amide bonds. The number of rotatable bonds is 1. The Bertz CT molecular complexity index is 538. The van der Waals surface area contributed by atoms with Crippen LogP contribution in [0.25, 0.3) is 11.3 Å². The van der Waals surface area contributed by atoms with Crippen molar-refractivity contribution in [3.8, 4) is 17.0 Å². The minimum absolute atomic E-state index is 0.0132. The van der Waals surface area contributed by atoms with Crippen molar-refractivity contribution < 1.29 is 5.11 Å². The largest absolute Gasteiger partial charge is 0.506 e. The second kappa shape index (κ2) is 3.80. The van der Waals surface area contributed by atoms with Gasteiger partial charge >= 0.3 is 0 Å². The van der Waals surface area contributed by atoms with Crippen molar-refractivity contribution >= 4 is 5.69 Å². The van der Waals surface area contributed by atoms with Gasteiger partial charge in [-0.15, -0.1) is 0 Å². The Labute approximate surface area is 101 Å². The summed E-state index contributed by atoms with van der Waals surface area (Å²) in [7, 11) is 0. The van der Waals surface area contributed by atoms with Gasteiger partial charge in [-0.2, -0.15) is 0 Å². The van der Waals surface area contributed by atoms with Gasteiger partial charge in [-0.25, -0.2) is 4.98 Å². The molecule has 0 spiro atoms. The molecule has 90 valence electrons. The quantitative estimate of drug-likeness (QED) is 0.521. The normalized spacial score (nSPS) is 11.7. The van der Waals surface area contributed by atoms with Crippen LogP contribution >= 0.6 is 0 Å². The number of imidazole rings is 1. The van der Waals surface area contributed by atoms with E-state index in [2.05, 4.69) is 30.7 Å². The lowest BCUT2D eigenvalue weighted by atomic mass is 9.96. The number of benzene rings is 1. The van der Waals surface area contributed by atoms with Crippen LogP contribution < -0.4 is 5.73 Å². The summed E-state index contributed by atoms with van der Waals surface area (Å²) in [5.41, 5.74) is 7.85. The number of nitrogens with zero attached hydrogens (tertiary/aromatic N) is 1. The van der Waals surface area contributed by atoms with Crippen molar-refractivity contribution in [2.75, 3.05) is 5.73 Å². The molecule has 0 unspecified atom stereocenters. The molecule has 0 atom stereocenters. The maximum absolute atomic E-state index is 9.37. The van der Waals surface area contributed by atoms with Crippen molar-refractivity contribution in [3.63, 3.8) is 0 Å². The number of anilines is 1. The molecule has 0 saturated carbocycles. The summed E-state index contributed by atoms with van der Waals surface area (Å²) in [6.07, 6.45) is 1.78. The van der Waals surface area contributed by atoms with Gasteiger partial charge in [-0.1, -0.05) is 20.8 Å². The Kier molecular flexibility index (Phi) is 2.58. The highest BCUT2D eigenvalue weighted by atomic mass is 16.3. The fourth-order valence-corrected chi connectivity index (χ4v) is 1.57. The average molecular weight is 231 g/mol. The minimum atomic E-state index is -0.0132. The minimum Gasteiger partial charge on any atom is -0.506 e. The van der Waals surface area contributed by atoms with E-state index in [1.54, 1.807) is 18.3 Å². The molecule has 0 saturated heterocycles. The highest BCUT2D eigenvalue weighted by molar-refractivity contribution is 5.67. The monoisotopic (exact) mass is 231 g/mol. The lowest BCUT2D eigenvalue weighted by Crippen LogP contribution is -2.13. The van der Waals surface area contributed by atoms with Gasteiger partial charge in [0.15, 0.2) is 0 Å². The molecule has 4 nitrogen and oxygen atoms in total. The molecule has 0 bridgehead atoms. The Morgan fingerprint density at radius 2 is 2.00 bits per heavy atom. The fourth-order valence-electron chi connectivity index (χ4n) is 1.57. The lowest BCUT2D eigenvalue weighted by Gasteiger charge is -2.14. The molecule has 0 radical (unpaired) electrons. The zero-order valence-corrected chi connectivity index (χ0v) is 10.3. The van der Waals surface area contributed by atoms with Gasteiger partial charge in [-0.3, -0.25) is 0 Å². The number of aromatic amines is 1. The first-order chi connectivity index (χ1) is 7.88. The SMILES string of the molecule is CC(C)(C)c1ncc(-c2ccc(O)c(N)c2)[nH]1. The molecule has 2 rings (SSSR count). The smallest absolute Gasteiger partial charge is 0.138 e. The van der Waals surface area contributed by atoms with Crippen LogP contribution in [0.5, 0.6) is 5.75 Å². The van der Waals surface area contributed by atoms with Crippen molar-refractivity contribution in [1.82, 2.24) is 9.97 Å². The first-order valence-corrected chi connectivity index (χ1v) is 5.52. The second-order valence-corrected chi connectivity index (χ2v) is 5.17. The van der Waals surface area contributed by atoms with E-state index in [-0.39, 0.29) is 11.2 Å². The van der Waals surface area contributed by atoms with Gasteiger partial charge < -0.3 is 15.8 Å². The van der Waals surface area contributed by atoms with Crippen LogP contribution in [-0.4, -0.2) is 15.1 Å². The maximum atomic E-state index is 9.37. The summed E-state index contributed by atoms with van der Waals surface area (Å²) >= 11 is 0. The number of H-pyrrole nitrogens is 1. The number of hydrogen-bond acceptors (Lipinski definition) is 3. The van der Waals surface area contributed by atoms with E-state index in [1.807, 2.05) is 6.07 Å². The summed E-state index contributed by atoms with van der Waals surface area (Å²) in [5.74, 6) is 1.03. The van der Waals surface area contributed by atoms with Gasteiger partial charge in [0.25, 0.3) is 0 Å². The molecule has 0 aliphatic carbocycles. The Balaban J connectivity index is 2.40. The Morgan fingerprint density at radius 1 is 1.29 bits per heavy atom. The molecule has 1 aromatic carbocycles. The van der Waals surface area contributed by atoms with Crippen molar-refractivity contribution in [3.05, 3.63) is 30.2 Å². The van der Waals surface area contributed by atoms with Gasteiger partial charge in [0, 0.05) is 11.0 Å². The Morgan fingerprint density at radius 3 is 2.53 bits per heavy atom. The van der Waals surface area contributed by atoms with E-state index in [1.165, 1.54) is 0 Å². The number of nitrogens with two attached hydrogens (primary N) is 1. The first kappa shape index (κ1) is 11.5. The van der Waals surface area contributed by atoms with Crippen LogP contribution in [-0.2, 0) is 5.41 Å². The lowest BCUT2D eigenvalue weighted by molar-refractivity contribution is 0.478. The van der Waals surface area contributed by atoms with Gasteiger partial charge in [0.1, 0.15) is 11.6 Å². The number of nitrogens with one attached hydrogen (secondary N) is 1. The molecule has 1 heterocycles.